The molecule has 1 saturated heterocycles. The molecule has 1 aliphatic heterocycles. The number of esters is 2. The molecule has 0 saturated carbocycles. The van der Waals surface area contributed by atoms with Crippen LogP contribution in [0, 0.1) is 0 Å². The lowest BCUT2D eigenvalue weighted by molar-refractivity contribution is -0.148. The summed E-state index contributed by atoms with van der Waals surface area (Å²) in [6.45, 7) is 0.0751. The van der Waals surface area contributed by atoms with E-state index < -0.39 is 24.1 Å². The summed E-state index contributed by atoms with van der Waals surface area (Å²) in [5.41, 5.74) is 0.774. The Bertz CT molecular complexity index is 513. The molecule has 1 aromatic rings. The lowest BCUT2D eigenvalue weighted by atomic mass is 10.2. The molecule has 0 unspecified atom stereocenters. The molecule has 0 aliphatic carbocycles. The van der Waals surface area contributed by atoms with E-state index >= 15 is 0 Å². The number of carbonyl (C=O) groups is 3. The van der Waals surface area contributed by atoms with Crippen molar-refractivity contribution in [1.82, 2.24) is 5.32 Å². The molecule has 6 nitrogen and oxygen atoms in total. The maximum Gasteiger partial charge on any atom is 0.415 e. The third kappa shape index (κ3) is 3.69. The van der Waals surface area contributed by atoms with Crippen LogP contribution >= 0.6 is 11.6 Å². The molecule has 1 N–H and O–H groups in total. The Morgan fingerprint density at radius 1 is 1.32 bits per heavy atom. The van der Waals surface area contributed by atoms with Crippen LogP contribution in [0.1, 0.15) is 12.0 Å². The number of alkyl carbamates (subject to hydrolysis) is 1. The van der Waals surface area contributed by atoms with Crippen LogP contribution in [0.25, 0.3) is 0 Å². The highest BCUT2D eigenvalue weighted by Gasteiger charge is 2.34. The van der Waals surface area contributed by atoms with E-state index in [0.717, 1.165) is 5.56 Å². The maximum atomic E-state index is 11.5. The van der Waals surface area contributed by atoms with Gasteiger partial charge in [-0.3, -0.25) is 4.79 Å². The first kappa shape index (κ1) is 13.4. The highest BCUT2D eigenvalue weighted by Crippen LogP contribution is 2.11. The van der Waals surface area contributed by atoms with Gasteiger partial charge in [-0.25, -0.2) is 9.59 Å². The number of hydrogen-bond acceptors (Lipinski definition) is 5. The molecule has 0 spiro atoms. The van der Waals surface area contributed by atoms with Crippen molar-refractivity contribution in [1.29, 1.82) is 0 Å². The molecule has 0 aromatic heterocycles. The molecule has 0 bridgehead atoms. The number of rotatable bonds is 4. The van der Waals surface area contributed by atoms with Crippen molar-refractivity contribution in [2.24, 2.45) is 0 Å². The van der Waals surface area contributed by atoms with Gasteiger partial charge in [0.05, 0.1) is 6.42 Å². The van der Waals surface area contributed by atoms with Gasteiger partial charge in [0.1, 0.15) is 12.6 Å². The Labute approximate surface area is 113 Å². The normalized spacial score (nSPS) is 17.8. The van der Waals surface area contributed by atoms with E-state index in [4.69, 9.17) is 16.3 Å². The molecule has 19 heavy (non-hydrogen) atoms. The monoisotopic (exact) mass is 283 g/mol. The first-order valence-electron chi connectivity index (χ1n) is 5.47. The van der Waals surface area contributed by atoms with Gasteiger partial charge >= 0.3 is 18.0 Å². The van der Waals surface area contributed by atoms with Gasteiger partial charge in [-0.1, -0.05) is 23.7 Å². The van der Waals surface area contributed by atoms with Gasteiger partial charge in [-0.2, -0.15) is 0 Å². The van der Waals surface area contributed by atoms with Crippen molar-refractivity contribution in [2.75, 3.05) is 0 Å². The van der Waals surface area contributed by atoms with Crippen LogP contribution in [0.2, 0.25) is 5.02 Å². The van der Waals surface area contributed by atoms with Crippen LogP contribution < -0.4 is 5.32 Å². The molecular formula is C12H10ClNO5. The summed E-state index contributed by atoms with van der Waals surface area (Å²) in [6.07, 6.45) is -1.10. The van der Waals surface area contributed by atoms with Gasteiger partial charge in [-0.15, -0.1) is 0 Å². The van der Waals surface area contributed by atoms with E-state index in [1.807, 2.05) is 0 Å². The van der Waals surface area contributed by atoms with Crippen LogP contribution in [0.3, 0.4) is 0 Å². The Hall–Kier alpha value is -2.08. The summed E-state index contributed by atoms with van der Waals surface area (Å²) in [4.78, 5) is 33.3. The van der Waals surface area contributed by atoms with Gasteiger partial charge in [0.2, 0.25) is 0 Å². The first-order valence-corrected chi connectivity index (χ1v) is 5.84. The number of benzene rings is 1. The Kier molecular flexibility index (Phi) is 4.01. The lowest BCUT2D eigenvalue weighted by Crippen LogP contribution is -2.31. The number of amides is 1. The quantitative estimate of drug-likeness (QED) is 0.667. The fourth-order valence-corrected chi connectivity index (χ4v) is 1.62. The predicted octanol–water partition coefficient (Wildman–Crippen LogP) is 1.41. The maximum absolute atomic E-state index is 11.5. The second-order valence-corrected chi connectivity index (χ2v) is 4.33. The molecule has 1 atom stereocenters. The Morgan fingerprint density at radius 3 is 2.58 bits per heavy atom. The van der Waals surface area contributed by atoms with E-state index in [-0.39, 0.29) is 13.0 Å². The van der Waals surface area contributed by atoms with Crippen LogP contribution in [0.4, 0.5) is 4.79 Å². The molecule has 0 radical (unpaired) electrons. The van der Waals surface area contributed by atoms with Gasteiger partial charge < -0.3 is 14.8 Å². The van der Waals surface area contributed by atoms with E-state index in [1.54, 1.807) is 24.3 Å². The van der Waals surface area contributed by atoms with Gasteiger partial charge in [0, 0.05) is 5.02 Å². The number of carbonyl (C=O) groups excluding carboxylic acids is 3. The molecule has 1 aromatic carbocycles. The molecule has 1 heterocycles. The SMILES string of the molecule is O=C(C[C@@H]1NC(=O)OC1=O)OCc1ccc(Cl)cc1. The van der Waals surface area contributed by atoms with Gasteiger partial charge in [-0.05, 0) is 17.7 Å². The number of halogens is 1. The molecule has 2 rings (SSSR count). The van der Waals surface area contributed by atoms with Crippen molar-refractivity contribution in [3.8, 4) is 0 Å². The number of cyclic esters (lactones) is 2. The number of ether oxygens (including phenoxy) is 2. The van der Waals surface area contributed by atoms with Crippen molar-refractivity contribution in [2.45, 2.75) is 19.1 Å². The van der Waals surface area contributed by atoms with E-state index in [2.05, 4.69) is 10.1 Å². The van der Waals surface area contributed by atoms with Crippen molar-refractivity contribution in [3.63, 3.8) is 0 Å². The van der Waals surface area contributed by atoms with Gasteiger partial charge in [0.25, 0.3) is 0 Å². The van der Waals surface area contributed by atoms with E-state index in [0.29, 0.717) is 5.02 Å². The lowest BCUT2D eigenvalue weighted by Gasteiger charge is -2.07. The Morgan fingerprint density at radius 2 is 2.00 bits per heavy atom. The van der Waals surface area contributed by atoms with Crippen LogP contribution in [-0.2, 0) is 25.7 Å². The average molecular weight is 284 g/mol. The van der Waals surface area contributed by atoms with Crippen LogP contribution in [0.15, 0.2) is 24.3 Å². The summed E-state index contributed by atoms with van der Waals surface area (Å²) in [6, 6.07) is 5.84. The average Bonchev–Trinajstić information content (AvgIpc) is 2.67. The van der Waals surface area contributed by atoms with Crippen LogP contribution in [-0.4, -0.2) is 24.1 Å². The summed E-state index contributed by atoms with van der Waals surface area (Å²) >= 11 is 5.72. The summed E-state index contributed by atoms with van der Waals surface area (Å²) < 4.78 is 9.21. The molecule has 1 fully saturated rings. The standard InChI is InChI=1S/C12H10ClNO5/c13-8-3-1-7(2-4-8)6-18-10(15)5-9-11(16)19-12(17)14-9/h1-4,9H,5-6H2,(H,14,17)/t9-/m0/s1. The van der Waals surface area contributed by atoms with Crippen molar-refractivity contribution < 1.29 is 23.9 Å². The van der Waals surface area contributed by atoms with Crippen LogP contribution in [0.5, 0.6) is 0 Å². The zero-order chi connectivity index (χ0) is 13.8. The van der Waals surface area contributed by atoms with Crippen molar-refractivity contribution >= 4 is 29.6 Å². The van der Waals surface area contributed by atoms with Gasteiger partial charge in [0.15, 0.2) is 0 Å². The Balaban J connectivity index is 1.80. The fraction of sp³-hybridized carbons (Fsp3) is 0.250. The zero-order valence-electron chi connectivity index (χ0n) is 9.72. The smallest absolute Gasteiger partial charge is 0.415 e. The largest absolute Gasteiger partial charge is 0.461 e. The number of hydrogen-bond donors (Lipinski definition) is 1. The molecule has 7 heteroatoms. The summed E-state index contributed by atoms with van der Waals surface area (Å²) in [5.74, 6) is -1.37. The van der Waals surface area contributed by atoms with E-state index in [9.17, 15) is 14.4 Å². The second kappa shape index (κ2) is 5.71. The molecule has 1 aliphatic rings. The summed E-state index contributed by atoms with van der Waals surface area (Å²) in [7, 11) is 0. The highest BCUT2D eigenvalue weighted by molar-refractivity contribution is 6.30. The predicted molar refractivity (Wildman–Crippen MR) is 64.3 cm³/mol. The highest BCUT2D eigenvalue weighted by atomic mass is 35.5. The molecular weight excluding hydrogens is 274 g/mol. The number of nitrogens with one attached hydrogen (secondary N) is 1. The molecule has 100 valence electrons. The fourth-order valence-electron chi connectivity index (χ4n) is 1.50. The minimum absolute atomic E-state index is 0.0751. The first-order chi connectivity index (χ1) is 9.04. The zero-order valence-corrected chi connectivity index (χ0v) is 10.5. The topological polar surface area (TPSA) is 81.7 Å². The third-order valence-electron chi connectivity index (χ3n) is 2.45. The molecule has 1 amide bonds. The van der Waals surface area contributed by atoms with Crippen molar-refractivity contribution in [3.05, 3.63) is 34.9 Å². The minimum Gasteiger partial charge on any atom is -0.461 e. The third-order valence-corrected chi connectivity index (χ3v) is 2.71. The summed E-state index contributed by atoms with van der Waals surface area (Å²) in [5, 5.41) is 2.80. The van der Waals surface area contributed by atoms with E-state index in [1.165, 1.54) is 0 Å². The minimum atomic E-state index is -0.967. The second-order valence-electron chi connectivity index (χ2n) is 3.90.